The van der Waals surface area contributed by atoms with Crippen molar-refractivity contribution in [3.8, 4) is 0 Å². The molecule has 7 heteroatoms. The Labute approximate surface area is 110 Å². The lowest BCUT2D eigenvalue weighted by Gasteiger charge is -2.05. The zero-order valence-electron chi connectivity index (χ0n) is 8.77. The zero-order valence-corrected chi connectivity index (χ0v) is 11.2. The third-order valence-corrected chi connectivity index (χ3v) is 3.24. The number of anilines is 2. The molecule has 0 atom stereocenters. The van der Waals surface area contributed by atoms with Crippen LogP contribution in [0.2, 0.25) is 0 Å². The molecule has 2 heterocycles. The highest BCUT2D eigenvalue weighted by atomic mass is 79.9. The van der Waals surface area contributed by atoms with E-state index in [1.165, 1.54) is 23.6 Å². The minimum atomic E-state index is -1.03. The van der Waals surface area contributed by atoms with E-state index in [1.807, 2.05) is 12.3 Å². The Morgan fingerprint density at radius 1 is 1.59 bits per heavy atom. The molecule has 0 radical (unpaired) electrons. The molecule has 2 N–H and O–H groups in total. The predicted molar refractivity (Wildman–Crippen MR) is 69.0 cm³/mol. The van der Waals surface area contributed by atoms with E-state index in [0.717, 1.165) is 5.69 Å². The van der Waals surface area contributed by atoms with Crippen molar-refractivity contribution in [1.29, 1.82) is 0 Å². The number of pyridine rings is 1. The Balaban J connectivity index is 2.35. The maximum Gasteiger partial charge on any atom is 0.339 e. The molecular weight excluding hydrogens is 306 g/mol. The van der Waals surface area contributed by atoms with Gasteiger partial charge in [-0.25, -0.2) is 14.8 Å². The Hall–Kier alpha value is -1.47. The highest BCUT2D eigenvalue weighted by Gasteiger charge is 2.13. The van der Waals surface area contributed by atoms with Gasteiger partial charge in [-0.3, -0.25) is 0 Å². The number of thiazole rings is 1. The number of hydrogen-bond donors (Lipinski definition) is 2. The van der Waals surface area contributed by atoms with Crippen LogP contribution in [-0.4, -0.2) is 21.0 Å². The molecule has 0 saturated carbocycles. The summed E-state index contributed by atoms with van der Waals surface area (Å²) >= 11 is 4.59. The van der Waals surface area contributed by atoms with E-state index < -0.39 is 5.97 Å². The van der Waals surface area contributed by atoms with Gasteiger partial charge in [0.1, 0.15) is 11.4 Å². The summed E-state index contributed by atoms with van der Waals surface area (Å²) in [5, 5.41) is 14.5. The van der Waals surface area contributed by atoms with Crippen molar-refractivity contribution in [3.63, 3.8) is 0 Å². The van der Waals surface area contributed by atoms with Crippen LogP contribution in [0.5, 0.6) is 0 Å². The van der Waals surface area contributed by atoms with Gasteiger partial charge in [-0.2, -0.15) is 0 Å². The van der Waals surface area contributed by atoms with Gasteiger partial charge in [0.2, 0.25) is 0 Å². The topological polar surface area (TPSA) is 75.1 Å². The van der Waals surface area contributed by atoms with Crippen molar-refractivity contribution >= 4 is 44.2 Å². The third-order valence-electron chi connectivity index (χ3n) is 1.93. The summed E-state index contributed by atoms with van der Waals surface area (Å²) in [6.45, 7) is 1.87. The van der Waals surface area contributed by atoms with E-state index in [2.05, 4.69) is 31.2 Å². The Kier molecular flexibility index (Phi) is 3.39. The van der Waals surface area contributed by atoms with E-state index in [1.54, 1.807) is 0 Å². The first-order valence-corrected chi connectivity index (χ1v) is 6.31. The predicted octanol–water partition coefficient (Wildman–Crippen LogP) is 3.05. The highest BCUT2D eigenvalue weighted by molar-refractivity contribution is 9.10. The number of nitrogens with zero attached hydrogens (tertiary/aromatic N) is 2. The first-order valence-electron chi connectivity index (χ1n) is 4.64. The number of halogens is 1. The number of carboxylic acid groups (broad SMARTS) is 1. The molecule has 2 aromatic heterocycles. The van der Waals surface area contributed by atoms with Crippen LogP contribution >= 0.6 is 27.3 Å². The Morgan fingerprint density at radius 2 is 2.35 bits per heavy atom. The number of aryl methyl sites for hydroxylation is 1. The Morgan fingerprint density at radius 3 is 2.94 bits per heavy atom. The van der Waals surface area contributed by atoms with Gasteiger partial charge in [-0.15, -0.1) is 11.3 Å². The van der Waals surface area contributed by atoms with E-state index in [-0.39, 0.29) is 11.4 Å². The lowest BCUT2D eigenvalue weighted by Crippen LogP contribution is -2.04. The van der Waals surface area contributed by atoms with Gasteiger partial charge in [0.25, 0.3) is 0 Å². The van der Waals surface area contributed by atoms with Gasteiger partial charge in [-0.1, -0.05) is 0 Å². The van der Waals surface area contributed by atoms with Crippen LogP contribution in [0.1, 0.15) is 16.1 Å². The molecule has 0 aliphatic rings. The molecule has 88 valence electrons. The van der Waals surface area contributed by atoms with Crippen LogP contribution in [0.25, 0.3) is 0 Å². The fourth-order valence-corrected chi connectivity index (χ4v) is 2.23. The molecule has 17 heavy (non-hydrogen) atoms. The molecule has 0 aliphatic heterocycles. The second kappa shape index (κ2) is 4.80. The number of aromatic nitrogens is 2. The fourth-order valence-electron chi connectivity index (χ4n) is 1.21. The van der Waals surface area contributed by atoms with Crippen molar-refractivity contribution < 1.29 is 9.90 Å². The number of carboxylic acids is 1. The third kappa shape index (κ3) is 2.80. The van der Waals surface area contributed by atoms with Gasteiger partial charge in [0.15, 0.2) is 5.13 Å². The van der Waals surface area contributed by atoms with Crippen LogP contribution in [0.3, 0.4) is 0 Å². The molecule has 0 aliphatic carbocycles. The number of aromatic carboxylic acids is 1. The summed E-state index contributed by atoms with van der Waals surface area (Å²) in [6.07, 6.45) is 1.54. The number of rotatable bonds is 3. The van der Waals surface area contributed by atoms with E-state index >= 15 is 0 Å². The van der Waals surface area contributed by atoms with E-state index in [9.17, 15) is 4.79 Å². The monoisotopic (exact) mass is 313 g/mol. The van der Waals surface area contributed by atoms with Gasteiger partial charge in [-0.05, 0) is 28.9 Å². The smallest absolute Gasteiger partial charge is 0.339 e. The Bertz CT molecular complexity index is 570. The number of hydrogen-bond acceptors (Lipinski definition) is 5. The largest absolute Gasteiger partial charge is 0.478 e. The number of nitrogens with one attached hydrogen (secondary N) is 1. The summed E-state index contributed by atoms with van der Waals surface area (Å²) in [4.78, 5) is 19.3. The summed E-state index contributed by atoms with van der Waals surface area (Å²) in [7, 11) is 0. The summed E-state index contributed by atoms with van der Waals surface area (Å²) in [5.74, 6) is -0.746. The van der Waals surface area contributed by atoms with Gasteiger partial charge >= 0.3 is 5.97 Å². The maximum atomic E-state index is 11.1. The molecule has 2 aromatic rings. The van der Waals surface area contributed by atoms with Crippen molar-refractivity contribution in [1.82, 2.24) is 9.97 Å². The lowest BCUT2D eigenvalue weighted by molar-refractivity contribution is 0.0697. The molecule has 0 fully saturated rings. The van der Waals surface area contributed by atoms with Crippen LogP contribution in [0.4, 0.5) is 10.9 Å². The van der Waals surface area contributed by atoms with Gasteiger partial charge < -0.3 is 10.4 Å². The van der Waals surface area contributed by atoms with E-state index in [0.29, 0.717) is 9.60 Å². The summed E-state index contributed by atoms with van der Waals surface area (Å²) in [5.41, 5.74) is 0.985. The first-order chi connectivity index (χ1) is 8.06. The number of carbonyl (C=O) groups is 1. The lowest BCUT2D eigenvalue weighted by atomic mass is 10.2. The quantitative estimate of drug-likeness (QED) is 0.911. The standard InChI is InChI=1S/C10H8BrN3O2S/c1-5-4-17-10(13-5)14-8-7(9(15)16)2-6(11)3-12-8/h2-4H,1H3,(H,15,16)(H,12,13,14). The van der Waals surface area contributed by atoms with Crippen LogP contribution in [-0.2, 0) is 0 Å². The first kappa shape index (κ1) is 12.0. The minimum absolute atomic E-state index is 0.104. The van der Waals surface area contributed by atoms with Crippen LogP contribution in [0.15, 0.2) is 22.1 Å². The normalized spacial score (nSPS) is 10.2. The molecule has 0 amide bonds. The molecule has 5 nitrogen and oxygen atoms in total. The van der Waals surface area contributed by atoms with Crippen molar-refractivity contribution in [2.75, 3.05) is 5.32 Å². The summed E-state index contributed by atoms with van der Waals surface area (Å²) in [6, 6.07) is 1.50. The molecule has 0 unspecified atom stereocenters. The molecule has 0 aromatic carbocycles. The SMILES string of the molecule is Cc1csc(Nc2ncc(Br)cc2C(=O)O)n1. The van der Waals surface area contributed by atoms with Crippen LogP contribution in [0, 0.1) is 6.92 Å². The van der Waals surface area contributed by atoms with Crippen LogP contribution < -0.4 is 5.32 Å². The second-order valence-corrected chi connectivity index (χ2v) is 5.05. The van der Waals surface area contributed by atoms with Gasteiger partial charge in [0, 0.05) is 16.0 Å². The molecule has 0 saturated heterocycles. The minimum Gasteiger partial charge on any atom is -0.478 e. The fraction of sp³-hybridized carbons (Fsp3) is 0.100. The molecule has 0 bridgehead atoms. The average molecular weight is 314 g/mol. The highest BCUT2D eigenvalue weighted by Crippen LogP contribution is 2.24. The second-order valence-electron chi connectivity index (χ2n) is 3.27. The molecular formula is C10H8BrN3O2S. The average Bonchev–Trinajstić information content (AvgIpc) is 2.66. The van der Waals surface area contributed by atoms with Crippen molar-refractivity contribution in [3.05, 3.63) is 33.4 Å². The maximum absolute atomic E-state index is 11.1. The van der Waals surface area contributed by atoms with Crippen molar-refractivity contribution in [2.45, 2.75) is 6.92 Å². The van der Waals surface area contributed by atoms with Gasteiger partial charge in [0.05, 0.1) is 5.69 Å². The zero-order chi connectivity index (χ0) is 12.4. The van der Waals surface area contributed by atoms with Crippen molar-refractivity contribution in [2.24, 2.45) is 0 Å². The molecule has 2 rings (SSSR count). The van der Waals surface area contributed by atoms with E-state index in [4.69, 9.17) is 5.11 Å². The summed E-state index contributed by atoms with van der Waals surface area (Å²) < 4.78 is 0.621. The molecule has 0 spiro atoms.